The Balaban J connectivity index is 1.17. The first-order valence-corrected chi connectivity index (χ1v) is 9.90. The largest absolute Gasteiger partial charge is 0.493 e. The fraction of sp³-hybridized carbons (Fsp3) is 0.400. The Kier molecular flexibility index (Phi) is 4.26. The van der Waals surface area contributed by atoms with Crippen LogP contribution in [0.25, 0.3) is 11.0 Å². The summed E-state index contributed by atoms with van der Waals surface area (Å²) in [6, 6.07) is 7.37. The molecule has 0 N–H and O–H groups in total. The maximum atomic E-state index is 6.03. The number of likely N-dealkylation sites (tertiary alicyclic amines) is 1. The molecule has 7 heteroatoms. The van der Waals surface area contributed by atoms with Crippen LogP contribution in [0, 0.1) is 17.8 Å². The van der Waals surface area contributed by atoms with E-state index >= 15 is 0 Å². The van der Waals surface area contributed by atoms with Crippen LogP contribution >= 0.6 is 23.2 Å². The van der Waals surface area contributed by atoms with E-state index in [9.17, 15) is 0 Å². The van der Waals surface area contributed by atoms with Gasteiger partial charge in [-0.1, -0.05) is 23.2 Å². The predicted molar refractivity (Wildman–Crippen MR) is 106 cm³/mol. The highest BCUT2D eigenvalue weighted by atomic mass is 35.5. The SMILES string of the molecule is Cn1c(CN2C[C@@H]3C(COc4cc(Cl)cc(Cl)c4)[C@@H]3C2)nc2cnccc21. The molecule has 0 amide bonds. The molecule has 1 aliphatic carbocycles. The highest BCUT2D eigenvalue weighted by Gasteiger charge is 2.55. The van der Waals surface area contributed by atoms with E-state index in [0.717, 1.165) is 60.7 Å². The van der Waals surface area contributed by atoms with Crippen molar-refractivity contribution < 1.29 is 4.74 Å². The number of aryl methyl sites for hydroxylation is 1. The molecule has 0 radical (unpaired) electrons. The summed E-state index contributed by atoms with van der Waals surface area (Å²) >= 11 is 12.1. The van der Waals surface area contributed by atoms with Gasteiger partial charge in [0.2, 0.25) is 0 Å². The molecule has 2 aromatic heterocycles. The summed E-state index contributed by atoms with van der Waals surface area (Å²) < 4.78 is 8.10. The summed E-state index contributed by atoms with van der Waals surface area (Å²) in [5.74, 6) is 3.92. The minimum absolute atomic E-state index is 0.609. The molecule has 0 spiro atoms. The summed E-state index contributed by atoms with van der Waals surface area (Å²) in [6.45, 7) is 3.83. The van der Waals surface area contributed by atoms with Gasteiger partial charge in [0.1, 0.15) is 17.1 Å². The topological polar surface area (TPSA) is 43.2 Å². The van der Waals surface area contributed by atoms with Crippen LogP contribution in [0.15, 0.2) is 36.7 Å². The molecule has 3 aromatic rings. The molecule has 3 heterocycles. The van der Waals surface area contributed by atoms with E-state index < -0.39 is 0 Å². The Morgan fingerprint density at radius 2 is 1.89 bits per heavy atom. The first-order chi connectivity index (χ1) is 13.1. The molecule has 3 atom stereocenters. The fourth-order valence-electron chi connectivity index (χ4n) is 4.36. The third-order valence-corrected chi connectivity index (χ3v) is 6.30. The monoisotopic (exact) mass is 402 g/mol. The molecular weight excluding hydrogens is 383 g/mol. The van der Waals surface area contributed by atoms with Crippen molar-refractivity contribution in [1.29, 1.82) is 0 Å². The number of pyridine rings is 1. The average molecular weight is 403 g/mol. The van der Waals surface area contributed by atoms with E-state index in [-0.39, 0.29) is 0 Å². The van der Waals surface area contributed by atoms with Crippen molar-refractivity contribution in [1.82, 2.24) is 19.4 Å². The second kappa shape index (κ2) is 6.66. The number of halogens is 2. The van der Waals surface area contributed by atoms with Crippen LogP contribution in [-0.4, -0.2) is 39.1 Å². The number of nitrogens with zero attached hydrogens (tertiary/aromatic N) is 4. The van der Waals surface area contributed by atoms with Gasteiger partial charge >= 0.3 is 0 Å². The fourth-order valence-corrected chi connectivity index (χ4v) is 4.87. The lowest BCUT2D eigenvalue weighted by molar-refractivity contribution is 0.226. The zero-order valence-corrected chi connectivity index (χ0v) is 16.5. The number of benzene rings is 1. The van der Waals surface area contributed by atoms with Crippen molar-refractivity contribution in [2.45, 2.75) is 6.54 Å². The number of rotatable bonds is 5. The summed E-state index contributed by atoms with van der Waals surface area (Å²) in [5.41, 5.74) is 2.10. The lowest BCUT2D eigenvalue weighted by atomic mass is 10.2. The highest BCUT2D eigenvalue weighted by molar-refractivity contribution is 6.34. The Morgan fingerprint density at radius 3 is 2.59 bits per heavy atom. The maximum absolute atomic E-state index is 6.03. The van der Waals surface area contributed by atoms with Gasteiger partial charge in [-0.15, -0.1) is 0 Å². The van der Waals surface area contributed by atoms with Gasteiger partial charge in [-0.25, -0.2) is 4.98 Å². The molecule has 1 aliphatic heterocycles. The normalized spacial score (nSPS) is 24.3. The number of aromatic nitrogens is 3. The molecule has 1 aromatic carbocycles. The smallest absolute Gasteiger partial charge is 0.123 e. The van der Waals surface area contributed by atoms with Crippen LogP contribution < -0.4 is 4.74 Å². The van der Waals surface area contributed by atoms with Crippen LogP contribution in [0.2, 0.25) is 10.0 Å². The molecule has 2 aliphatic rings. The molecule has 140 valence electrons. The number of imidazole rings is 1. The van der Waals surface area contributed by atoms with Gasteiger partial charge in [0, 0.05) is 42.3 Å². The Morgan fingerprint density at radius 1 is 1.15 bits per heavy atom. The van der Waals surface area contributed by atoms with Crippen LogP contribution in [0.5, 0.6) is 5.75 Å². The van der Waals surface area contributed by atoms with E-state index in [0.29, 0.717) is 16.0 Å². The minimum atomic E-state index is 0.609. The Labute approximate surface area is 167 Å². The lowest BCUT2D eigenvalue weighted by Crippen LogP contribution is -2.26. The van der Waals surface area contributed by atoms with Gasteiger partial charge in [0.05, 0.1) is 24.9 Å². The van der Waals surface area contributed by atoms with Gasteiger partial charge < -0.3 is 9.30 Å². The molecular formula is C20H20Cl2N4O. The van der Waals surface area contributed by atoms with E-state index in [1.165, 1.54) is 0 Å². The van der Waals surface area contributed by atoms with Crippen LogP contribution in [0.4, 0.5) is 0 Å². The van der Waals surface area contributed by atoms with Crippen molar-refractivity contribution in [3.8, 4) is 5.75 Å². The summed E-state index contributed by atoms with van der Waals surface area (Å²) in [5, 5.41) is 1.22. The van der Waals surface area contributed by atoms with E-state index in [2.05, 4.69) is 21.5 Å². The summed E-state index contributed by atoms with van der Waals surface area (Å²) in [6.07, 6.45) is 3.65. The number of hydrogen-bond acceptors (Lipinski definition) is 4. The highest BCUT2D eigenvalue weighted by Crippen LogP contribution is 2.52. The molecule has 27 heavy (non-hydrogen) atoms. The van der Waals surface area contributed by atoms with E-state index in [1.807, 2.05) is 30.6 Å². The molecule has 1 saturated carbocycles. The number of ether oxygens (including phenoxy) is 1. The number of piperidine rings is 1. The quantitative estimate of drug-likeness (QED) is 0.645. The van der Waals surface area contributed by atoms with Gasteiger partial charge in [-0.2, -0.15) is 0 Å². The number of hydrogen-bond donors (Lipinski definition) is 0. The Bertz CT molecular complexity index is 973. The minimum Gasteiger partial charge on any atom is -0.493 e. The van der Waals surface area contributed by atoms with Crippen molar-refractivity contribution in [2.75, 3.05) is 19.7 Å². The van der Waals surface area contributed by atoms with Crippen LogP contribution in [0.3, 0.4) is 0 Å². The third kappa shape index (κ3) is 3.28. The zero-order chi connectivity index (χ0) is 18.5. The van der Waals surface area contributed by atoms with E-state index in [4.69, 9.17) is 32.9 Å². The second-order valence-electron chi connectivity index (χ2n) is 7.55. The first kappa shape index (κ1) is 17.3. The van der Waals surface area contributed by atoms with Crippen molar-refractivity contribution >= 4 is 34.2 Å². The lowest BCUT2D eigenvalue weighted by Gasteiger charge is -2.19. The molecule has 5 nitrogen and oxygen atoms in total. The molecule has 1 saturated heterocycles. The van der Waals surface area contributed by atoms with Crippen molar-refractivity contribution in [2.24, 2.45) is 24.8 Å². The zero-order valence-electron chi connectivity index (χ0n) is 15.0. The molecule has 0 bridgehead atoms. The maximum Gasteiger partial charge on any atom is 0.123 e. The molecule has 5 rings (SSSR count). The summed E-state index contributed by atoms with van der Waals surface area (Å²) in [7, 11) is 2.08. The van der Waals surface area contributed by atoms with Gasteiger partial charge in [0.25, 0.3) is 0 Å². The Hall–Kier alpha value is -1.82. The number of fused-ring (bicyclic) bond motifs is 2. The van der Waals surface area contributed by atoms with Crippen LogP contribution in [-0.2, 0) is 13.6 Å². The second-order valence-corrected chi connectivity index (χ2v) is 8.43. The van der Waals surface area contributed by atoms with Gasteiger partial charge in [-0.3, -0.25) is 9.88 Å². The first-order valence-electron chi connectivity index (χ1n) is 9.15. The molecule has 2 fully saturated rings. The third-order valence-electron chi connectivity index (χ3n) is 5.87. The standard InChI is InChI=1S/C20H20Cl2N4O/c1-25-19-2-3-23-7-18(19)24-20(25)10-26-8-15-16(9-26)17(15)11-27-14-5-12(21)4-13(22)6-14/h2-7,15-17H,8-11H2,1H3/t15-,16+,17?. The van der Waals surface area contributed by atoms with Crippen LogP contribution in [0.1, 0.15) is 5.82 Å². The predicted octanol–water partition coefficient (Wildman–Crippen LogP) is 4.03. The average Bonchev–Trinajstić information content (AvgIpc) is 2.95. The van der Waals surface area contributed by atoms with Crippen molar-refractivity contribution in [3.63, 3.8) is 0 Å². The van der Waals surface area contributed by atoms with Gasteiger partial charge in [0.15, 0.2) is 0 Å². The van der Waals surface area contributed by atoms with E-state index in [1.54, 1.807) is 6.07 Å². The summed E-state index contributed by atoms with van der Waals surface area (Å²) in [4.78, 5) is 11.4. The molecule has 1 unspecified atom stereocenters. The van der Waals surface area contributed by atoms with Crippen molar-refractivity contribution in [3.05, 3.63) is 52.5 Å². The van der Waals surface area contributed by atoms with Gasteiger partial charge in [-0.05, 0) is 36.1 Å².